The molecule has 1 heterocycles. The zero-order chi connectivity index (χ0) is 16.5. The van der Waals surface area contributed by atoms with Gasteiger partial charge in [-0.3, -0.25) is 9.69 Å². The van der Waals surface area contributed by atoms with Gasteiger partial charge in [-0.2, -0.15) is 0 Å². The van der Waals surface area contributed by atoms with Crippen molar-refractivity contribution in [2.24, 2.45) is 5.73 Å². The van der Waals surface area contributed by atoms with Crippen molar-refractivity contribution in [2.75, 3.05) is 31.6 Å². The third-order valence-corrected chi connectivity index (χ3v) is 4.18. The van der Waals surface area contributed by atoms with Gasteiger partial charge < -0.3 is 15.8 Å². The summed E-state index contributed by atoms with van der Waals surface area (Å²) in [6, 6.07) is 7.04. The van der Waals surface area contributed by atoms with Crippen molar-refractivity contribution in [1.29, 1.82) is 0 Å². The van der Waals surface area contributed by atoms with Crippen LogP contribution in [0, 0.1) is 0 Å². The minimum atomic E-state index is -0.444. The Kier molecular flexibility index (Phi) is 9.76. The van der Waals surface area contributed by atoms with Crippen molar-refractivity contribution < 1.29 is 9.53 Å². The number of amides is 1. The van der Waals surface area contributed by atoms with Crippen LogP contribution in [0.15, 0.2) is 24.3 Å². The number of carbonyl (C=O) groups is 1. The summed E-state index contributed by atoms with van der Waals surface area (Å²) in [7, 11) is 0. The molecule has 1 saturated heterocycles. The molecule has 1 amide bonds. The molecule has 0 aromatic heterocycles. The van der Waals surface area contributed by atoms with E-state index in [9.17, 15) is 4.79 Å². The lowest BCUT2D eigenvalue weighted by molar-refractivity contribution is -0.117. The third kappa shape index (κ3) is 7.07. The smallest absolute Gasteiger partial charge is 0.241 e. The molecule has 3 N–H and O–H groups in total. The largest absolute Gasteiger partial charge is 0.492 e. The first-order valence-electron chi connectivity index (χ1n) is 8.70. The number of halogens is 1. The Morgan fingerprint density at radius 1 is 1.25 bits per heavy atom. The van der Waals surface area contributed by atoms with Crippen molar-refractivity contribution in [3.8, 4) is 5.75 Å². The fraction of sp³-hybridized carbons (Fsp3) is 0.611. The molecule has 0 bridgehead atoms. The average molecular weight is 356 g/mol. The molecule has 0 aliphatic carbocycles. The highest BCUT2D eigenvalue weighted by atomic mass is 35.5. The van der Waals surface area contributed by atoms with Crippen LogP contribution in [0.25, 0.3) is 0 Å². The summed E-state index contributed by atoms with van der Waals surface area (Å²) in [5.41, 5.74) is 6.56. The molecule has 6 heteroatoms. The van der Waals surface area contributed by atoms with E-state index in [-0.39, 0.29) is 18.3 Å². The minimum Gasteiger partial charge on any atom is -0.492 e. The van der Waals surface area contributed by atoms with E-state index in [1.54, 1.807) is 0 Å². The molecular weight excluding hydrogens is 326 g/mol. The number of nitrogens with two attached hydrogens (primary N) is 1. The fourth-order valence-corrected chi connectivity index (χ4v) is 2.79. The van der Waals surface area contributed by atoms with Crippen molar-refractivity contribution in [3.05, 3.63) is 24.3 Å². The lowest BCUT2D eigenvalue weighted by atomic mass is 10.1. The number of ether oxygens (including phenoxy) is 1. The molecule has 24 heavy (non-hydrogen) atoms. The van der Waals surface area contributed by atoms with Gasteiger partial charge in [0.15, 0.2) is 0 Å². The van der Waals surface area contributed by atoms with E-state index in [1.165, 1.54) is 32.4 Å². The number of piperidine rings is 1. The molecule has 1 atom stereocenters. The van der Waals surface area contributed by atoms with Crippen LogP contribution < -0.4 is 15.8 Å². The van der Waals surface area contributed by atoms with Crippen LogP contribution in [0.5, 0.6) is 5.75 Å². The first kappa shape index (κ1) is 20.7. The number of carbonyl (C=O) groups excluding carboxylic acids is 1. The van der Waals surface area contributed by atoms with Gasteiger partial charge in [-0.15, -0.1) is 12.4 Å². The van der Waals surface area contributed by atoms with E-state index in [2.05, 4.69) is 10.2 Å². The molecule has 2 rings (SSSR count). The molecule has 1 aromatic carbocycles. The standard InChI is InChI=1S/C18H29N3O2.ClH/c1-2-6-17(19)18(22)20-15-7-9-16(10-8-15)23-14-13-21-11-4-3-5-12-21;/h7-10,17H,2-6,11-14,19H2,1H3,(H,20,22);1H. The van der Waals surface area contributed by atoms with E-state index in [4.69, 9.17) is 10.5 Å². The number of likely N-dealkylation sites (tertiary alicyclic amines) is 1. The molecule has 0 saturated carbocycles. The number of hydrogen-bond acceptors (Lipinski definition) is 4. The van der Waals surface area contributed by atoms with Crippen molar-refractivity contribution in [2.45, 2.75) is 45.1 Å². The Bertz CT molecular complexity index is 476. The number of hydrogen-bond donors (Lipinski definition) is 2. The number of benzene rings is 1. The third-order valence-electron chi connectivity index (χ3n) is 4.18. The van der Waals surface area contributed by atoms with Crippen LogP contribution in [0.1, 0.15) is 39.0 Å². The van der Waals surface area contributed by atoms with Gasteiger partial charge in [0.1, 0.15) is 12.4 Å². The molecule has 0 spiro atoms. The second kappa shape index (κ2) is 11.3. The van der Waals surface area contributed by atoms with Gasteiger partial charge in [-0.05, 0) is 56.6 Å². The maximum absolute atomic E-state index is 11.9. The summed E-state index contributed by atoms with van der Waals surface area (Å²) in [6.45, 7) is 6.07. The zero-order valence-electron chi connectivity index (χ0n) is 14.5. The summed E-state index contributed by atoms with van der Waals surface area (Å²) in [6.07, 6.45) is 5.55. The Labute approximate surface area is 151 Å². The van der Waals surface area contributed by atoms with E-state index >= 15 is 0 Å². The summed E-state index contributed by atoms with van der Waals surface area (Å²) in [4.78, 5) is 14.3. The van der Waals surface area contributed by atoms with Gasteiger partial charge in [0, 0.05) is 12.2 Å². The van der Waals surface area contributed by atoms with Crippen LogP contribution in [-0.4, -0.2) is 43.1 Å². The number of nitrogens with one attached hydrogen (secondary N) is 1. The number of anilines is 1. The normalized spacial score (nSPS) is 16.1. The molecule has 136 valence electrons. The quantitative estimate of drug-likeness (QED) is 0.752. The van der Waals surface area contributed by atoms with Crippen LogP contribution in [0.3, 0.4) is 0 Å². The highest BCUT2D eigenvalue weighted by molar-refractivity contribution is 5.94. The van der Waals surface area contributed by atoms with E-state index in [0.29, 0.717) is 13.0 Å². The van der Waals surface area contributed by atoms with Crippen molar-refractivity contribution in [3.63, 3.8) is 0 Å². The van der Waals surface area contributed by atoms with Crippen LogP contribution >= 0.6 is 12.4 Å². The zero-order valence-corrected chi connectivity index (χ0v) is 15.3. The van der Waals surface area contributed by atoms with E-state index in [1.807, 2.05) is 31.2 Å². The van der Waals surface area contributed by atoms with Gasteiger partial charge in [-0.1, -0.05) is 19.8 Å². The van der Waals surface area contributed by atoms with Gasteiger partial charge in [0.2, 0.25) is 5.91 Å². The molecular formula is C18H30ClN3O2. The van der Waals surface area contributed by atoms with Crippen molar-refractivity contribution in [1.82, 2.24) is 4.90 Å². The number of nitrogens with zero attached hydrogens (tertiary/aromatic N) is 1. The highest BCUT2D eigenvalue weighted by Gasteiger charge is 2.12. The van der Waals surface area contributed by atoms with Gasteiger partial charge in [-0.25, -0.2) is 0 Å². The Balaban J connectivity index is 0.00000288. The molecule has 1 unspecified atom stereocenters. The SMILES string of the molecule is CCCC(N)C(=O)Nc1ccc(OCCN2CCCCC2)cc1.Cl. The molecule has 1 aromatic rings. The second-order valence-electron chi connectivity index (χ2n) is 6.16. The summed E-state index contributed by atoms with van der Waals surface area (Å²) < 4.78 is 5.78. The van der Waals surface area contributed by atoms with E-state index in [0.717, 1.165) is 24.4 Å². The van der Waals surface area contributed by atoms with Gasteiger partial charge in [0.25, 0.3) is 0 Å². The van der Waals surface area contributed by atoms with Gasteiger partial charge in [0.05, 0.1) is 6.04 Å². The molecule has 1 fully saturated rings. The maximum Gasteiger partial charge on any atom is 0.241 e. The summed E-state index contributed by atoms with van der Waals surface area (Å²) in [5.74, 6) is 0.698. The van der Waals surface area contributed by atoms with Crippen LogP contribution in [-0.2, 0) is 4.79 Å². The number of rotatable bonds is 8. The maximum atomic E-state index is 11.9. The monoisotopic (exact) mass is 355 g/mol. The Morgan fingerprint density at radius 2 is 1.92 bits per heavy atom. The lowest BCUT2D eigenvalue weighted by Gasteiger charge is -2.26. The second-order valence-corrected chi connectivity index (χ2v) is 6.16. The summed E-state index contributed by atoms with van der Waals surface area (Å²) in [5, 5.41) is 2.83. The molecule has 1 aliphatic rings. The average Bonchev–Trinajstić information content (AvgIpc) is 2.57. The van der Waals surface area contributed by atoms with Crippen LogP contribution in [0.4, 0.5) is 5.69 Å². The van der Waals surface area contributed by atoms with Crippen LogP contribution in [0.2, 0.25) is 0 Å². The lowest BCUT2D eigenvalue weighted by Crippen LogP contribution is -2.35. The first-order chi connectivity index (χ1) is 11.2. The minimum absolute atomic E-state index is 0. The van der Waals surface area contributed by atoms with Crippen molar-refractivity contribution >= 4 is 24.0 Å². The Hall–Kier alpha value is -1.30. The topological polar surface area (TPSA) is 67.6 Å². The predicted molar refractivity (Wildman–Crippen MR) is 101 cm³/mol. The molecule has 5 nitrogen and oxygen atoms in total. The highest BCUT2D eigenvalue weighted by Crippen LogP contribution is 2.16. The summed E-state index contributed by atoms with van der Waals surface area (Å²) >= 11 is 0. The predicted octanol–water partition coefficient (Wildman–Crippen LogP) is 3.04. The molecule has 1 aliphatic heterocycles. The molecule has 0 radical (unpaired) electrons. The Morgan fingerprint density at radius 3 is 2.54 bits per heavy atom. The first-order valence-corrected chi connectivity index (χ1v) is 8.70. The van der Waals surface area contributed by atoms with E-state index < -0.39 is 6.04 Å². The fourth-order valence-electron chi connectivity index (χ4n) is 2.79. The van der Waals surface area contributed by atoms with Gasteiger partial charge >= 0.3 is 0 Å².